The number of imide groups is 1. The molecule has 1 unspecified atom stereocenters. The summed E-state index contributed by atoms with van der Waals surface area (Å²) in [4.78, 5) is 22.5. The van der Waals surface area contributed by atoms with E-state index in [0.29, 0.717) is 17.6 Å². The molecule has 0 aromatic heterocycles. The predicted octanol–water partition coefficient (Wildman–Crippen LogP) is -0.268. The standard InChI is InChI=1S/C9H11NO3/c11-4-5-2-1-3-6-7(5)9(13)10-8(6)12/h5,11H,1-4H2,(H,10,12,13). The van der Waals surface area contributed by atoms with Crippen LogP contribution in [-0.4, -0.2) is 23.5 Å². The Morgan fingerprint density at radius 2 is 2.15 bits per heavy atom. The van der Waals surface area contributed by atoms with Gasteiger partial charge in [-0.1, -0.05) is 0 Å². The van der Waals surface area contributed by atoms with Crippen molar-refractivity contribution >= 4 is 11.8 Å². The molecule has 2 rings (SSSR count). The molecule has 0 aromatic carbocycles. The third kappa shape index (κ3) is 1.18. The van der Waals surface area contributed by atoms with E-state index in [9.17, 15) is 9.59 Å². The fourth-order valence-corrected chi connectivity index (χ4v) is 2.04. The largest absolute Gasteiger partial charge is 0.396 e. The van der Waals surface area contributed by atoms with Gasteiger partial charge >= 0.3 is 0 Å². The number of hydrogen-bond acceptors (Lipinski definition) is 3. The van der Waals surface area contributed by atoms with Crippen molar-refractivity contribution in [2.75, 3.05) is 6.61 Å². The summed E-state index contributed by atoms with van der Waals surface area (Å²) in [6, 6.07) is 0. The molecule has 0 saturated heterocycles. The topological polar surface area (TPSA) is 66.4 Å². The first-order valence-electron chi connectivity index (χ1n) is 4.43. The molecule has 0 spiro atoms. The Kier molecular flexibility index (Phi) is 1.92. The first kappa shape index (κ1) is 8.44. The summed E-state index contributed by atoms with van der Waals surface area (Å²) in [6.45, 7) is -0.0421. The number of aliphatic hydroxyl groups excluding tert-OH is 1. The molecule has 1 atom stereocenters. The normalized spacial score (nSPS) is 27.6. The highest BCUT2D eigenvalue weighted by molar-refractivity contribution is 6.19. The molecule has 70 valence electrons. The Balaban J connectivity index is 2.40. The van der Waals surface area contributed by atoms with Gasteiger partial charge in [0.2, 0.25) is 0 Å². The van der Waals surface area contributed by atoms with Crippen LogP contribution in [0, 0.1) is 5.92 Å². The number of amides is 2. The summed E-state index contributed by atoms with van der Waals surface area (Å²) in [5.74, 6) is -0.702. The predicted molar refractivity (Wildman–Crippen MR) is 44.6 cm³/mol. The van der Waals surface area contributed by atoms with E-state index >= 15 is 0 Å². The van der Waals surface area contributed by atoms with Gasteiger partial charge in [0.25, 0.3) is 11.8 Å². The number of nitrogens with one attached hydrogen (secondary N) is 1. The number of rotatable bonds is 1. The quantitative estimate of drug-likeness (QED) is 0.547. The van der Waals surface area contributed by atoms with Gasteiger partial charge in [0.15, 0.2) is 0 Å². The number of carbonyl (C=O) groups excluding carboxylic acids is 2. The van der Waals surface area contributed by atoms with Crippen molar-refractivity contribution in [2.24, 2.45) is 5.92 Å². The SMILES string of the molecule is O=C1NC(=O)C2=C1CCCC2CO. The first-order chi connectivity index (χ1) is 6.24. The van der Waals surface area contributed by atoms with Gasteiger partial charge in [-0.15, -0.1) is 0 Å². The second-order valence-electron chi connectivity index (χ2n) is 3.45. The third-order valence-corrected chi connectivity index (χ3v) is 2.68. The van der Waals surface area contributed by atoms with Gasteiger partial charge < -0.3 is 5.11 Å². The number of carbonyl (C=O) groups is 2. The molecule has 2 N–H and O–H groups in total. The highest BCUT2D eigenvalue weighted by Gasteiger charge is 2.36. The third-order valence-electron chi connectivity index (χ3n) is 2.68. The molecule has 2 aliphatic rings. The van der Waals surface area contributed by atoms with Crippen LogP contribution in [0.2, 0.25) is 0 Å². The van der Waals surface area contributed by atoms with Crippen molar-refractivity contribution in [1.29, 1.82) is 0 Å². The minimum absolute atomic E-state index is 0.0421. The fraction of sp³-hybridized carbons (Fsp3) is 0.556. The lowest BCUT2D eigenvalue weighted by atomic mass is 9.84. The van der Waals surface area contributed by atoms with Crippen molar-refractivity contribution in [3.05, 3.63) is 11.1 Å². The smallest absolute Gasteiger partial charge is 0.254 e. The van der Waals surface area contributed by atoms with Crippen molar-refractivity contribution in [3.63, 3.8) is 0 Å². The summed E-state index contributed by atoms with van der Waals surface area (Å²) in [6.07, 6.45) is 2.35. The van der Waals surface area contributed by atoms with Crippen molar-refractivity contribution in [2.45, 2.75) is 19.3 Å². The van der Waals surface area contributed by atoms with Crippen LogP contribution in [0.25, 0.3) is 0 Å². The van der Waals surface area contributed by atoms with Crippen LogP contribution in [0.5, 0.6) is 0 Å². The van der Waals surface area contributed by atoms with Crippen molar-refractivity contribution in [1.82, 2.24) is 5.32 Å². The second-order valence-corrected chi connectivity index (χ2v) is 3.45. The molecule has 0 aromatic rings. The van der Waals surface area contributed by atoms with Crippen LogP contribution in [0.3, 0.4) is 0 Å². The van der Waals surface area contributed by atoms with Gasteiger partial charge in [-0.2, -0.15) is 0 Å². The molecule has 0 fully saturated rings. The zero-order valence-corrected chi connectivity index (χ0v) is 7.17. The van der Waals surface area contributed by atoms with Gasteiger partial charge in [0, 0.05) is 17.1 Å². The number of hydrogen-bond donors (Lipinski definition) is 2. The van der Waals surface area contributed by atoms with E-state index in [1.165, 1.54) is 0 Å². The molecular formula is C9H11NO3. The molecule has 0 radical (unpaired) electrons. The molecule has 2 amide bonds. The van der Waals surface area contributed by atoms with Crippen LogP contribution in [0.4, 0.5) is 0 Å². The maximum Gasteiger partial charge on any atom is 0.254 e. The van der Waals surface area contributed by atoms with Gasteiger partial charge in [-0.25, -0.2) is 0 Å². The minimum atomic E-state index is -0.307. The molecule has 13 heavy (non-hydrogen) atoms. The highest BCUT2D eigenvalue weighted by Crippen LogP contribution is 2.32. The van der Waals surface area contributed by atoms with Gasteiger partial charge in [-0.3, -0.25) is 14.9 Å². The minimum Gasteiger partial charge on any atom is -0.396 e. The lowest BCUT2D eigenvalue weighted by molar-refractivity contribution is -0.124. The van der Waals surface area contributed by atoms with E-state index in [0.717, 1.165) is 12.8 Å². The molecule has 0 bridgehead atoms. The Bertz CT molecular complexity index is 306. The molecule has 4 heteroatoms. The average Bonchev–Trinajstić information content (AvgIpc) is 2.43. The van der Waals surface area contributed by atoms with Gasteiger partial charge in [-0.05, 0) is 19.3 Å². The summed E-state index contributed by atoms with van der Waals surface area (Å²) >= 11 is 0. The van der Waals surface area contributed by atoms with E-state index in [2.05, 4.69) is 5.32 Å². The maximum absolute atomic E-state index is 11.3. The van der Waals surface area contributed by atoms with Crippen LogP contribution in [0.1, 0.15) is 19.3 Å². The zero-order chi connectivity index (χ0) is 9.42. The van der Waals surface area contributed by atoms with Crippen LogP contribution < -0.4 is 5.32 Å². The Labute approximate surface area is 75.6 Å². The van der Waals surface area contributed by atoms with E-state index in [1.807, 2.05) is 0 Å². The summed E-state index contributed by atoms with van der Waals surface area (Å²) in [5, 5.41) is 11.3. The zero-order valence-electron chi connectivity index (χ0n) is 7.17. The van der Waals surface area contributed by atoms with E-state index in [1.54, 1.807) is 0 Å². The lowest BCUT2D eigenvalue weighted by Crippen LogP contribution is -2.25. The van der Waals surface area contributed by atoms with Gasteiger partial charge in [0.1, 0.15) is 0 Å². The molecule has 1 aliphatic heterocycles. The average molecular weight is 181 g/mol. The lowest BCUT2D eigenvalue weighted by Gasteiger charge is -2.19. The Hall–Kier alpha value is -1.16. The summed E-state index contributed by atoms with van der Waals surface area (Å²) in [5.41, 5.74) is 1.12. The highest BCUT2D eigenvalue weighted by atomic mass is 16.3. The Morgan fingerprint density at radius 1 is 1.38 bits per heavy atom. The van der Waals surface area contributed by atoms with Crippen molar-refractivity contribution < 1.29 is 14.7 Å². The van der Waals surface area contributed by atoms with E-state index in [-0.39, 0.29) is 24.3 Å². The molecule has 1 aliphatic carbocycles. The first-order valence-corrected chi connectivity index (χ1v) is 4.43. The van der Waals surface area contributed by atoms with E-state index < -0.39 is 0 Å². The molecule has 0 saturated carbocycles. The van der Waals surface area contributed by atoms with E-state index in [4.69, 9.17) is 5.11 Å². The monoisotopic (exact) mass is 181 g/mol. The van der Waals surface area contributed by atoms with Gasteiger partial charge in [0.05, 0.1) is 6.61 Å². The molecule has 4 nitrogen and oxygen atoms in total. The number of aliphatic hydroxyl groups is 1. The summed E-state index contributed by atoms with van der Waals surface area (Å²) < 4.78 is 0. The van der Waals surface area contributed by atoms with Crippen molar-refractivity contribution in [3.8, 4) is 0 Å². The molecule has 1 heterocycles. The maximum atomic E-state index is 11.3. The second kappa shape index (κ2) is 2.96. The Morgan fingerprint density at radius 3 is 2.85 bits per heavy atom. The van der Waals surface area contributed by atoms with Crippen LogP contribution in [0.15, 0.2) is 11.1 Å². The van der Waals surface area contributed by atoms with Crippen LogP contribution in [-0.2, 0) is 9.59 Å². The van der Waals surface area contributed by atoms with Crippen LogP contribution >= 0.6 is 0 Å². The fourth-order valence-electron chi connectivity index (χ4n) is 2.04. The molecular weight excluding hydrogens is 170 g/mol. The summed E-state index contributed by atoms with van der Waals surface area (Å²) in [7, 11) is 0.